The van der Waals surface area contributed by atoms with Gasteiger partial charge in [0.05, 0.1) is 6.20 Å². The zero-order chi connectivity index (χ0) is 13.2. The van der Waals surface area contributed by atoms with Gasteiger partial charge in [0.15, 0.2) is 11.5 Å². The molecule has 0 aliphatic heterocycles. The van der Waals surface area contributed by atoms with E-state index in [1.807, 2.05) is 25.1 Å². The van der Waals surface area contributed by atoms with E-state index < -0.39 is 5.82 Å². The second-order valence-electron chi connectivity index (χ2n) is 4.23. The molecule has 0 aromatic carbocycles. The van der Waals surface area contributed by atoms with Crippen LogP contribution in [-0.4, -0.2) is 19.6 Å². The first-order valence-electron chi connectivity index (χ1n) is 5.88. The quantitative estimate of drug-likeness (QED) is 0.781. The fourth-order valence-electron chi connectivity index (χ4n) is 1.88. The zero-order valence-corrected chi connectivity index (χ0v) is 10.3. The van der Waals surface area contributed by atoms with Crippen LogP contribution in [0.15, 0.2) is 36.8 Å². The normalized spacial score (nSPS) is 10.8. The average Bonchev–Trinajstić information content (AvgIpc) is 2.79. The highest BCUT2D eigenvalue weighted by Crippen LogP contribution is 2.15. The predicted octanol–water partition coefficient (Wildman–Crippen LogP) is 2.18. The Morgan fingerprint density at radius 3 is 3.05 bits per heavy atom. The molecule has 0 bridgehead atoms. The van der Waals surface area contributed by atoms with Gasteiger partial charge in [-0.1, -0.05) is 6.07 Å². The Balaban J connectivity index is 1.92. The molecule has 3 rings (SSSR count). The van der Waals surface area contributed by atoms with Crippen molar-refractivity contribution in [3.63, 3.8) is 0 Å². The Hall–Kier alpha value is -2.50. The zero-order valence-electron chi connectivity index (χ0n) is 10.3. The molecule has 0 radical (unpaired) electrons. The minimum Gasteiger partial charge on any atom is -0.366 e. The van der Waals surface area contributed by atoms with Gasteiger partial charge in [-0.15, -0.1) is 0 Å². The van der Waals surface area contributed by atoms with Crippen LogP contribution in [-0.2, 0) is 6.54 Å². The van der Waals surface area contributed by atoms with Gasteiger partial charge in [0.25, 0.3) is 0 Å². The van der Waals surface area contributed by atoms with Crippen LogP contribution in [0.3, 0.4) is 0 Å². The summed E-state index contributed by atoms with van der Waals surface area (Å²) in [5, 5.41) is 7.18. The standard InChI is InChI=1S/C13H12FN5/c1-9-5-12(16-7-10-3-2-4-15-6-10)19-13(18-9)11(14)8-17-19/h2-6,8,16H,7H2,1H3. The van der Waals surface area contributed by atoms with Gasteiger partial charge in [-0.05, 0) is 18.6 Å². The SMILES string of the molecule is Cc1cc(NCc2cccnc2)n2ncc(F)c2n1. The van der Waals surface area contributed by atoms with E-state index in [-0.39, 0.29) is 5.65 Å². The highest BCUT2D eigenvalue weighted by atomic mass is 19.1. The number of fused-ring (bicyclic) bond motifs is 1. The molecule has 0 saturated heterocycles. The monoisotopic (exact) mass is 257 g/mol. The maximum absolute atomic E-state index is 13.5. The van der Waals surface area contributed by atoms with E-state index in [1.54, 1.807) is 12.4 Å². The molecule has 3 aromatic rings. The molecule has 19 heavy (non-hydrogen) atoms. The third-order valence-electron chi connectivity index (χ3n) is 2.75. The lowest BCUT2D eigenvalue weighted by Crippen LogP contribution is -2.07. The van der Waals surface area contributed by atoms with Crippen LogP contribution in [0.2, 0.25) is 0 Å². The van der Waals surface area contributed by atoms with Crippen molar-refractivity contribution in [1.82, 2.24) is 19.6 Å². The van der Waals surface area contributed by atoms with E-state index >= 15 is 0 Å². The third-order valence-corrected chi connectivity index (χ3v) is 2.75. The summed E-state index contributed by atoms with van der Waals surface area (Å²) in [7, 11) is 0. The summed E-state index contributed by atoms with van der Waals surface area (Å²) in [4.78, 5) is 8.17. The summed E-state index contributed by atoms with van der Waals surface area (Å²) < 4.78 is 14.9. The molecule has 0 saturated carbocycles. The van der Waals surface area contributed by atoms with E-state index in [4.69, 9.17) is 0 Å². The lowest BCUT2D eigenvalue weighted by atomic mass is 10.3. The van der Waals surface area contributed by atoms with Gasteiger partial charge in [0.2, 0.25) is 0 Å². The van der Waals surface area contributed by atoms with Crippen LogP contribution in [0.25, 0.3) is 5.65 Å². The molecule has 0 amide bonds. The number of hydrogen-bond acceptors (Lipinski definition) is 4. The van der Waals surface area contributed by atoms with Crippen molar-refractivity contribution in [2.45, 2.75) is 13.5 Å². The van der Waals surface area contributed by atoms with Gasteiger partial charge in [-0.2, -0.15) is 9.61 Å². The van der Waals surface area contributed by atoms with Crippen molar-refractivity contribution in [2.24, 2.45) is 0 Å². The number of halogens is 1. The Morgan fingerprint density at radius 1 is 1.37 bits per heavy atom. The van der Waals surface area contributed by atoms with Gasteiger partial charge >= 0.3 is 0 Å². The molecule has 3 heterocycles. The largest absolute Gasteiger partial charge is 0.366 e. The van der Waals surface area contributed by atoms with Crippen LogP contribution in [0.1, 0.15) is 11.3 Å². The topological polar surface area (TPSA) is 55.1 Å². The van der Waals surface area contributed by atoms with Crippen molar-refractivity contribution >= 4 is 11.5 Å². The van der Waals surface area contributed by atoms with Gasteiger partial charge in [-0.25, -0.2) is 9.37 Å². The first kappa shape index (κ1) is 11.6. The number of hydrogen-bond donors (Lipinski definition) is 1. The van der Waals surface area contributed by atoms with E-state index in [0.29, 0.717) is 12.4 Å². The number of aromatic nitrogens is 4. The summed E-state index contributed by atoms with van der Waals surface area (Å²) in [6, 6.07) is 5.67. The van der Waals surface area contributed by atoms with Crippen molar-refractivity contribution in [1.29, 1.82) is 0 Å². The third kappa shape index (κ3) is 2.24. The summed E-state index contributed by atoms with van der Waals surface area (Å²) in [5.41, 5.74) is 2.01. The van der Waals surface area contributed by atoms with Crippen LogP contribution in [0.5, 0.6) is 0 Å². The average molecular weight is 257 g/mol. The second kappa shape index (κ2) is 4.64. The number of anilines is 1. The Kier molecular flexibility index (Phi) is 2.83. The maximum Gasteiger partial charge on any atom is 0.193 e. The number of rotatable bonds is 3. The van der Waals surface area contributed by atoms with Gasteiger partial charge in [0, 0.05) is 30.7 Å². The smallest absolute Gasteiger partial charge is 0.193 e. The number of nitrogens with zero attached hydrogens (tertiary/aromatic N) is 4. The van der Waals surface area contributed by atoms with Crippen LogP contribution in [0, 0.1) is 12.7 Å². The number of pyridine rings is 1. The molecule has 5 nitrogen and oxygen atoms in total. The van der Waals surface area contributed by atoms with Crippen LogP contribution in [0.4, 0.5) is 10.2 Å². The summed E-state index contributed by atoms with van der Waals surface area (Å²) in [6.07, 6.45) is 4.67. The number of nitrogens with one attached hydrogen (secondary N) is 1. The van der Waals surface area contributed by atoms with Crippen LogP contribution >= 0.6 is 0 Å². The first-order valence-corrected chi connectivity index (χ1v) is 5.88. The Morgan fingerprint density at radius 2 is 2.26 bits per heavy atom. The van der Waals surface area contributed by atoms with E-state index in [9.17, 15) is 4.39 Å². The minimum atomic E-state index is -0.423. The highest BCUT2D eigenvalue weighted by molar-refractivity contribution is 5.50. The first-order chi connectivity index (χ1) is 9.24. The van der Waals surface area contributed by atoms with Gasteiger partial charge < -0.3 is 5.32 Å². The van der Waals surface area contributed by atoms with E-state index in [2.05, 4.69) is 20.4 Å². The molecule has 0 unspecified atom stereocenters. The van der Waals surface area contributed by atoms with Gasteiger partial charge in [0.1, 0.15) is 5.82 Å². The fourth-order valence-corrected chi connectivity index (χ4v) is 1.88. The van der Waals surface area contributed by atoms with Crippen molar-refractivity contribution in [2.75, 3.05) is 5.32 Å². The van der Waals surface area contributed by atoms with Crippen molar-refractivity contribution in [3.8, 4) is 0 Å². The Bertz CT molecular complexity index is 708. The van der Waals surface area contributed by atoms with Gasteiger partial charge in [-0.3, -0.25) is 4.98 Å². The molecular formula is C13H12FN5. The molecule has 1 N–H and O–H groups in total. The molecule has 0 atom stereocenters. The fraction of sp³-hybridized carbons (Fsp3) is 0.154. The molecule has 0 aliphatic carbocycles. The molecule has 0 spiro atoms. The van der Waals surface area contributed by atoms with Crippen LogP contribution < -0.4 is 5.32 Å². The molecule has 96 valence electrons. The molecule has 6 heteroatoms. The summed E-state index contributed by atoms with van der Waals surface area (Å²) in [6.45, 7) is 2.41. The molecule has 3 aromatic heterocycles. The van der Waals surface area contributed by atoms with E-state index in [0.717, 1.165) is 17.5 Å². The Labute approximate surface area is 109 Å². The van der Waals surface area contributed by atoms with E-state index in [1.165, 1.54) is 4.52 Å². The second-order valence-corrected chi connectivity index (χ2v) is 4.23. The maximum atomic E-state index is 13.5. The summed E-state index contributed by atoms with van der Waals surface area (Å²) >= 11 is 0. The molecule has 0 fully saturated rings. The molecular weight excluding hydrogens is 245 g/mol. The minimum absolute atomic E-state index is 0.230. The highest BCUT2D eigenvalue weighted by Gasteiger charge is 2.09. The summed E-state index contributed by atoms with van der Waals surface area (Å²) in [5.74, 6) is 0.281. The van der Waals surface area contributed by atoms with Crippen molar-refractivity contribution < 1.29 is 4.39 Å². The van der Waals surface area contributed by atoms with Crippen molar-refractivity contribution in [3.05, 3.63) is 53.9 Å². The number of aryl methyl sites for hydroxylation is 1. The predicted molar refractivity (Wildman–Crippen MR) is 69.2 cm³/mol. The lowest BCUT2D eigenvalue weighted by molar-refractivity contribution is 0.635. The molecule has 0 aliphatic rings. The lowest BCUT2D eigenvalue weighted by Gasteiger charge is -2.08.